The number of hydrogen-bond acceptors (Lipinski definition) is 7. The molecule has 0 saturated carbocycles. The van der Waals surface area contributed by atoms with E-state index in [0.29, 0.717) is 16.9 Å². The van der Waals surface area contributed by atoms with Crippen LogP contribution >= 0.6 is 0 Å². The van der Waals surface area contributed by atoms with Crippen molar-refractivity contribution in [2.24, 2.45) is 0 Å². The van der Waals surface area contributed by atoms with Crippen molar-refractivity contribution >= 4 is 11.9 Å². The van der Waals surface area contributed by atoms with Crippen LogP contribution in [0.15, 0.2) is 79.4 Å². The highest BCUT2D eigenvalue weighted by Gasteiger charge is 2.13. The molecule has 0 saturated heterocycles. The van der Waals surface area contributed by atoms with E-state index in [1.165, 1.54) is 24.3 Å². The Bertz CT molecular complexity index is 1220. The van der Waals surface area contributed by atoms with Crippen molar-refractivity contribution in [2.75, 3.05) is 26.4 Å². The van der Waals surface area contributed by atoms with E-state index in [9.17, 15) is 14.0 Å². The zero-order chi connectivity index (χ0) is 25.0. The normalized spacial score (nSPS) is 10.2. The molecule has 3 aromatic carbocycles. The zero-order valence-corrected chi connectivity index (χ0v) is 18.7. The van der Waals surface area contributed by atoms with E-state index in [0.717, 1.165) is 11.6 Å². The van der Waals surface area contributed by atoms with Crippen LogP contribution in [0.2, 0.25) is 0 Å². The number of halogens is 1. The van der Waals surface area contributed by atoms with Crippen LogP contribution in [0.3, 0.4) is 0 Å². The van der Waals surface area contributed by atoms with Crippen LogP contribution in [0.1, 0.15) is 15.9 Å². The van der Waals surface area contributed by atoms with Gasteiger partial charge in [0.1, 0.15) is 19.0 Å². The molecule has 0 atom stereocenters. The molecule has 8 heteroatoms. The molecule has 3 rings (SSSR count). The predicted molar refractivity (Wildman–Crippen MR) is 125 cm³/mol. The SMILES string of the molecule is C=CC(=O)OCCOCCOc1ccc(C(=O)Oc2ccc(-c3ccc(C#N)cc3)cc2F)cc1. The molecule has 0 radical (unpaired) electrons. The third-order valence-electron chi connectivity index (χ3n) is 4.71. The van der Waals surface area contributed by atoms with Crippen LogP contribution in [0.4, 0.5) is 4.39 Å². The number of hydrogen-bond donors (Lipinski definition) is 0. The van der Waals surface area contributed by atoms with Gasteiger partial charge in [0.05, 0.1) is 30.4 Å². The Labute approximate surface area is 201 Å². The number of carbonyl (C=O) groups is 2. The second-order valence-electron chi connectivity index (χ2n) is 7.08. The first-order valence-electron chi connectivity index (χ1n) is 10.6. The molecule has 7 nitrogen and oxygen atoms in total. The number of carbonyl (C=O) groups excluding carboxylic acids is 2. The third kappa shape index (κ3) is 7.52. The first-order valence-corrected chi connectivity index (χ1v) is 10.6. The average molecular weight is 475 g/mol. The number of esters is 2. The van der Waals surface area contributed by atoms with Gasteiger partial charge >= 0.3 is 11.9 Å². The molecule has 0 aliphatic heterocycles. The van der Waals surface area contributed by atoms with Gasteiger partial charge in [0.25, 0.3) is 0 Å². The lowest BCUT2D eigenvalue weighted by molar-refractivity contribution is -0.139. The Morgan fingerprint density at radius 3 is 2.26 bits per heavy atom. The van der Waals surface area contributed by atoms with Crippen molar-refractivity contribution in [1.82, 2.24) is 0 Å². The molecule has 0 amide bonds. The fourth-order valence-electron chi connectivity index (χ4n) is 2.93. The molecule has 0 fully saturated rings. The summed E-state index contributed by atoms with van der Waals surface area (Å²) in [7, 11) is 0. The maximum absolute atomic E-state index is 14.5. The summed E-state index contributed by atoms with van der Waals surface area (Å²) in [6.45, 7) is 4.20. The molecule has 0 bridgehead atoms. The first kappa shape index (κ1) is 25.1. The van der Waals surface area contributed by atoms with E-state index >= 15 is 0 Å². The molecule has 0 spiro atoms. The fourth-order valence-corrected chi connectivity index (χ4v) is 2.93. The summed E-state index contributed by atoms with van der Waals surface area (Å²) in [5, 5.41) is 8.88. The van der Waals surface area contributed by atoms with Crippen LogP contribution in [-0.2, 0) is 14.3 Å². The maximum atomic E-state index is 14.5. The standard InChI is InChI=1S/C27H22FNO6/c1-2-26(30)34-16-14-32-13-15-33-23-10-7-21(8-11-23)27(31)35-25-12-9-22(17-24(25)28)20-5-3-19(18-29)4-6-20/h2-12,17H,1,13-16H2. The van der Waals surface area contributed by atoms with Crippen molar-refractivity contribution in [2.45, 2.75) is 0 Å². The molecule has 0 unspecified atom stereocenters. The molecule has 0 aliphatic rings. The molecular weight excluding hydrogens is 453 g/mol. The quantitative estimate of drug-likeness (QED) is 0.172. The number of ether oxygens (including phenoxy) is 4. The number of benzene rings is 3. The molecular formula is C27H22FNO6. The summed E-state index contributed by atoms with van der Waals surface area (Å²) >= 11 is 0. The van der Waals surface area contributed by atoms with Gasteiger partial charge in [-0.05, 0) is 59.7 Å². The number of nitrogens with zero attached hydrogens (tertiary/aromatic N) is 1. The van der Waals surface area contributed by atoms with E-state index in [4.69, 9.17) is 24.2 Å². The van der Waals surface area contributed by atoms with Crippen molar-refractivity contribution in [3.63, 3.8) is 0 Å². The highest BCUT2D eigenvalue weighted by Crippen LogP contribution is 2.26. The van der Waals surface area contributed by atoms with Crippen LogP contribution in [-0.4, -0.2) is 38.4 Å². The van der Waals surface area contributed by atoms with Crippen molar-refractivity contribution in [3.8, 4) is 28.7 Å². The molecule has 0 N–H and O–H groups in total. The van der Waals surface area contributed by atoms with Gasteiger partial charge in [-0.2, -0.15) is 5.26 Å². The summed E-state index contributed by atoms with van der Waals surface area (Å²) in [6, 6.07) is 19.2. The molecule has 3 aromatic rings. The van der Waals surface area contributed by atoms with E-state index in [1.807, 2.05) is 6.07 Å². The lowest BCUT2D eigenvalue weighted by Crippen LogP contribution is -2.12. The van der Waals surface area contributed by atoms with E-state index in [2.05, 4.69) is 6.58 Å². The van der Waals surface area contributed by atoms with Gasteiger partial charge in [-0.25, -0.2) is 14.0 Å². The lowest BCUT2D eigenvalue weighted by Gasteiger charge is -2.09. The Morgan fingerprint density at radius 1 is 0.914 bits per heavy atom. The zero-order valence-electron chi connectivity index (χ0n) is 18.7. The summed E-state index contributed by atoms with van der Waals surface area (Å²) in [6.07, 6.45) is 1.08. The highest BCUT2D eigenvalue weighted by molar-refractivity contribution is 5.91. The molecule has 35 heavy (non-hydrogen) atoms. The second kappa shape index (κ2) is 12.7. The Hall–Kier alpha value is -4.48. The summed E-state index contributed by atoms with van der Waals surface area (Å²) < 4.78 is 35.3. The Balaban J connectivity index is 1.48. The number of nitriles is 1. The van der Waals surface area contributed by atoms with Crippen LogP contribution in [0.25, 0.3) is 11.1 Å². The van der Waals surface area contributed by atoms with Crippen LogP contribution in [0, 0.1) is 17.1 Å². The van der Waals surface area contributed by atoms with Gasteiger partial charge in [-0.15, -0.1) is 0 Å². The van der Waals surface area contributed by atoms with Crippen molar-refractivity contribution in [3.05, 3.63) is 96.3 Å². The second-order valence-corrected chi connectivity index (χ2v) is 7.08. The van der Waals surface area contributed by atoms with Gasteiger partial charge in [0, 0.05) is 6.08 Å². The van der Waals surface area contributed by atoms with Crippen molar-refractivity contribution in [1.29, 1.82) is 5.26 Å². The highest BCUT2D eigenvalue weighted by atomic mass is 19.1. The van der Waals surface area contributed by atoms with Crippen LogP contribution in [0.5, 0.6) is 11.5 Å². The Kier molecular flexibility index (Phi) is 9.11. The van der Waals surface area contributed by atoms with Gasteiger partial charge in [-0.1, -0.05) is 24.8 Å². The first-order chi connectivity index (χ1) is 17.0. The topological polar surface area (TPSA) is 94.8 Å². The minimum absolute atomic E-state index is 0.125. The smallest absolute Gasteiger partial charge is 0.343 e. The Morgan fingerprint density at radius 2 is 1.60 bits per heavy atom. The average Bonchev–Trinajstić information content (AvgIpc) is 2.89. The largest absolute Gasteiger partial charge is 0.491 e. The monoisotopic (exact) mass is 475 g/mol. The predicted octanol–water partition coefficient (Wildman–Crippen LogP) is 4.71. The molecule has 0 aliphatic carbocycles. The fraction of sp³-hybridized carbons (Fsp3) is 0.148. The third-order valence-corrected chi connectivity index (χ3v) is 4.71. The van der Waals surface area contributed by atoms with Gasteiger partial charge in [-0.3, -0.25) is 0 Å². The number of rotatable bonds is 11. The molecule has 0 aromatic heterocycles. The lowest BCUT2D eigenvalue weighted by atomic mass is 10.0. The van der Waals surface area contributed by atoms with Crippen molar-refractivity contribution < 1.29 is 32.9 Å². The van der Waals surface area contributed by atoms with E-state index < -0.39 is 17.8 Å². The summed E-state index contributed by atoms with van der Waals surface area (Å²) in [4.78, 5) is 23.3. The van der Waals surface area contributed by atoms with Gasteiger partial charge < -0.3 is 18.9 Å². The molecule has 178 valence electrons. The van der Waals surface area contributed by atoms with E-state index in [1.54, 1.807) is 42.5 Å². The van der Waals surface area contributed by atoms with Gasteiger partial charge in [0.15, 0.2) is 11.6 Å². The van der Waals surface area contributed by atoms with E-state index in [-0.39, 0.29) is 37.7 Å². The van der Waals surface area contributed by atoms with Gasteiger partial charge in [0.2, 0.25) is 0 Å². The summed E-state index contributed by atoms with van der Waals surface area (Å²) in [5.41, 5.74) is 2.06. The van der Waals surface area contributed by atoms with Crippen LogP contribution < -0.4 is 9.47 Å². The molecule has 0 heterocycles. The minimum Gasteiger partial charge on any atom is -0.491 e. The summed E-state index contributed by atoms with van der Waals surface area (Å²) in [5.74, 6) is -1.57. The maximum Gasteiger partial charge on any atom is 0.343 e. The minimum atomic E-state index is -0.709.